The van der Waals surface area contributed by atoms with Gasteiger partial charge < -0.3 is 9.84 Å². The molecular weight excluding hydrogens is 235 g/mol. The van der Waals surface area contributed by atoms with Crippen molar-refractivity contribution < 1.29 is 19.0 Å². The predicted molar refractivity (Wildman–Crippen MR) is 65.3 cm³/mol. The van der Waals surface area contributed by atoms with Crippen LogP contribution in [0.5, 0.6) is 5.75 Å². The van der Waals surface area contributed by atoms with E-state index in [0.29, 0.717) is 16.9 Å². The van der Waals surface area contributed by atoms with Crippen molar-refractivity contribution in [3.8, 4) is 16.9 Å². The predicted octanol–water partition coefficient (Wildman–Crippen LogP) is 3.20. The van der Waals surface area contributed by atoms with Gasteiger partial charge in [0.15, 0.2) is 0 Å². The van der Waals surface area contributed by atoms with Crippen molar-refractivity contribution >= 4 is 5.97 Å². The van der Waals surface area contributed by atoms with Gasteiger partial charge >= 0.3 is 5.97 Å². The topological polar surface area (TPSA) is 46.5 Å². The van der Waals surface area contributed by atoms with E-state index in [-0.39, 0.29) is 11.4 Å². The average Bonchev–Trinajstić information content (AvgIpc) is 2.38. The number of halogens is 1. The van der Waals surface area contributed by atoms with Crippen LogP contribution in [-0.4, -0.2) is 18.2 Å². The van der Waals surface area contributed by atoms with Crippen LogP contribution in [0, 0.1) is 5.82 Å². The number of carbonyl (C=O) groups is 1. The molecular formula is C14H11FO3. The van der Waals surface area contributed by atoms with Gasteiger partial charge in [0.25, 0.3) is 0 Å². The maximum absolute atomic E-state index is 13.2. The summed E-state index contributed by atoms with van der Waals surface area (Å²) in [6, 6.07) is 10.4. The molecule has 2 rings (SSSR count). The van der Waals surface area contributed by atoms with Gasteiger partial charge in [0.1, 0.15) is 11.6 Å². The third-order valence-electron chi connectivity index (χ3n) is 2.58. The number of ether oxygens (including phenoxy) is 1. The molecule has 0 atom stereocenters. The van der Waals surface area contributed by atoms with E-state index < -0.39 is 5.97 Å². The fourth-order valence-corrected chi connectivity index (χ4v) is 1.72. The Morgan fingerprint density at radius 3 is 2.61 bits per heavy atom. The summed E-state index contributed by atoms with van der Waals surface area (Å²) in [7, 11) is 1.48. The SMILES string of the molecule is COc1ccc(C(=O)O)cc1-c1cccc(F)c1. The molecule has 0 saturated carbocycles. The fraction of sp³-hybridized carbons (Fsp3) is 0.0714. The molecule has 0 aliphatic carbocycles. The fourth-order valence-electron chi connectivity index (χ4n) is 1.72. The molecule has 4 heteroatoms. The molecule has 0 amide bonds. The van der Waals surface area contributed by atoms with Gasteiger partial charge in [0.05, 0.1) is 12.7 Å². The Bertz CT molecular complexity index is 593. The van der Waals surface area contributed by atoms with Crippen LogP contribution in [0.4, 0.5) is 4.39 Å². The zero-order chi connectivity index (χ0) is 13.1. The van der Waals surface area contributed by atoms with Gasteiger partial charge in [-0.05, 0) is 35.9 Å². The zero-order valence-corrected chi connectivity index (χ0v) is 9.68. The van der Waals surface area contributed by atoms with Crippen LogP contribution in [0.3, 0.4) is 0 Å². The minimum absolute atomic E-state index is 0.134. The Balaban J connectivity index is 2.60. The summed E-state index contributed by atoms with van der Waals surface area (Å²) in [6.07, 6.45) is 0. The van der Waals surface area contributed by atoms with E-state index >= 15 is 0 Å². The van der Waals surface area contributed by atoms with Crippen molar-refractivity contribution in [2.24, 2.45) is 0 Å². The second kappa shape index (κ2) is 4.87. The summed E-state index contributed by atoms with van der Waals surface area (Å²) in [5, 5.41) is 8.96. The standard InChI is InChI=1S/C14H11FO3/c1-18-13-6-5-10(14(16)17)8-12(13)9-3-2-4-11(15)7-9/h2-8H,1H3,(H,16,17). The summed E-state index contributed by atoms with van der Waals surface area (Å²) >= 11 is 0. The molecule has 0 fully saturated rings. The van der Waals surface area contributed by atoms with Crippen molar-refractivity contribution in [3.05, 3.63) is 53.8 Å². The lowest BCUT2D eigenvalue weighted by atomic mass is 10.0. The van der Waals surface area contributed by atoms with Gasteiger partial charge in [-0.25, -0.2) is 9.18 Å². The first kappa shape index (κ1) is 12.1. The molecule has 0 spiro atoms. The Morgan fingerprint density at radius 1 is 1.22 bits per heavy atom. The van der Waals surface area contributed by atoms with Crippen LogP contribution >= 0.6 is 0 Å². The minimum Gasteiger partial charge on any atom is -0.496 e. The molecule has 0 heterocycles. The van der Waals surface area contributed by atoms with E-state index in [1.165, 1.54) is 31.4 Å². The summed E-state index contributed by atoms with van der Waals surface area (Å²) < 4.78 is 18.3. The minimum atomic E-state index is -1.03. The third kappa shape index (κ3) is 2.32. The van der Waals surface area contributed by atoms with E-state index in [9.17, 15) is 9.18 Å². The molecule has 1 N–H and O–H groups in total. The highest BCUT2D eigenvalue weighted by atomic mass is 19.1. The van der Waals surface area contributed by atoms with E-state index in [0.717, 1.165) is 0 Å². The quantitative estimate of drug-likeness (QED) is 0.904. The number of methoxy groups -OCH3 is 1. The number of hydrogen-bond acceptors (Lipinski definition) is 2. The lowest BCUT2D eigenvalue weighted by molar-refractivity contribution is 0.0697. The Kier molecular flexibility index (Phi) is 3.28. The first-order chi connectivity index (χ1) is 8.61. The molecule has 0 radical (unpaired) electrons. The number of hydrogen-bond donors (Lipinski definition) is 1. The Labute approximate surface area is 103 Å². The summed E-state index contributed by atoms with van der Waals surface area (Å²) in [5.74, 6) is -0.906. The van der Waals surface area contributed by atoms with Gasteiger partial charge in [-0.2, -0.15) is 0 Å². The largest absolute Gasteiger partial charge is 0.496 e. The van der Waals surface area contributed by atoms with E-state index in [1.54, 1.807) is 18.2 Å². The lowest BCUT2D eigenvalue weighted by Crippen LogP contribution is -1.98. The normalized spacial score (nSPS) is 10.1. The smallest absolute Gasteiger partial charge is 0.335 e. The zero-order valence-electron chi connectivity index (χ0n) is 9.68. The summed E-state index contributed by atoms with van der Waals surface area (Å²) in [4.78, 5) is 10.9. The first-order valence-corrected chi connectivity index (χ1v) is 5.29. The van der Waals surface area contributed by atoms with Gasteiger partial charge in [-0.3, -0.25) is 0 Å². The molecule has 18 heavy (non-hydrogen) atoms. The summed E-state index contributed by atoms with van der Waals surface area (Å²) in [5.41, 5.74) is 1.27. The highest BCUT2D eigenvalue weighted by molar-refractivity contribution is 5.90. The second-order valence-corrected chi connectivity index (χ2v) is 3.73. The van der Waals surface area contributed by atoms with E-state index in [1.807, 2.05) is 0 Å². The number of carboxylic acids is 1. The first-order valence-electron chi connectivity index (χ1n) is 5.29. The van der Waals surface area contributed by atoms with Crippen molar-refractivity contribution in [1.29, 1.82) is 0 Å². The van der Waals surface area contributed by atoms with Crippen LogP contribution in [0.25, 0.3) is 11.1 Å². The van der Waals surface area contributed by atoms with Crippen LogP contribution in [0.2, 0.25) is 0 Å². The van der Waals surface area contributed by atoms with Gasteiger partial charge in [0, 0.05) is 5.56 Å². The van der Waals surface area contributed by atoms with Crippen LogP contribution < -0.4 is 4.74 Å². The van der Waals surface area contributed by atoms with E-state index in [4.69, 9.17) is 9.84 Å². The van der Waals surface area contributed by atoms with Crippen molar-refractivity contribution in [3.63, 3.8) is 0 Å². The molecule has 2 aromatic carbocycles. The van der Waals surface area contributed by atoms with Crippen molar-refractivity contribution in [1.82, 2.24) is 0 Å². The van der Waals surface area contributed by atoms with Gasteiger partial charge in [-0.1, -0.05) is 12.1 Å². The van der Waals surface area contributed by atoms with Crippen molar-refractivity contribution in [2.45, 2.75) is 0 Å². The Morgan fingerprint density at radius 2 is 2.00 bits per heavy atom. The van der Waals surface area contributed by atoms with Crippen LogP contribution in [0.15, 0.2) is 42.5 Å². The maximum Gasteiger partial charge on any atom is 0.335 e. The molecule has 92 valence electrons. The lowest BCUT2D eigenvalue weighted by Gasteiger charge is -2.09. The highest BCUT2D eigenvalue weighted by Crippen LogP contribution is 2.31. The molecule has 0 aliphatic heterocycles. The Hall–Kier alpha value is -2.36. The molecule has 0 bridgehead atoms. The molecule has 0 saturated heterocycles. The number of rotatable bonds is 3. The maximum atomic E-state index is 13.2. The van der Waals surface area contributed by atoms with E-state index in [2.05, 4.69) is 0 Å². The molecule has 0 aliphatic rings. The van der Waals surface area contributed by atoms with Crippen LogP contribution in [0.1, 0.15) is 10.4 Å². The summed E-state index contributed by atoms with van der Waals surface area (Å²) in [6.45, 7) is 0. The number of carboxylic acid groups (broad SMARTS) is 1. The number of benzene rings is 2. The second-order valence-electron chi connectivity index (χ2n) is 3.73. The average molecular weight is 246 g/mol. The molecule has 0 aromatic heterocycles. The third-order valence-corrected chi connectivity index (χ3v) is 2.58. The van der Waals surface area contributed by atoms with Gasteiger partial charge in [0.2, 0.25) is 0 Å². The van der Waals surface area contributed by atoms with Crippen LogP contribution in [-0.2, 0) is 0 Å². The number of aromatic carboxylic acids is 1. The monoisotopic (exact) mass is 246 g/mol. The highest BCUT2D eigenvalue weighted by Gasteiger charge is 2.11. The molecule has 0 unspecified atom stereocenters. The molecule has 3 nitrogen and oxygen atoms in total. The van der Waals surface area contributed by atoms with Crippen molar-refractivity contribution in [2.75, 3.05) is 7.11 Å². The molecule has 2 aromatic rings. The van der Waals surface area contributed by atoms with Gasteiger partial charge in [-0.15, -0.1) is 0 Å².